The first-order chi connectivity index (χ1) is 17.2. The number of benzene rings is 2. The SMILES string of the molecule is C[C@H](c1nc(C(=O)Nc2cnoc2)c(O)c(=O)n1C)[C@@H](c1cc(F)cc(F)c1)c1ccccc1C#N. The largest absolute Gasteiger partial charge is 0.501 e. The quantitative estimate of drug-likeness (QED) is 0.419. The Bertz CT molecular complexity index is 1520. The standard InChI is InChI=1S/C25H19F2N5O4/c1-13(20(15-7-16(26)9-17(27)8-15)19-6-4-3-5-14(19)10-28)23-31-21(22(33)25(35)32(23)2)24(34)30-18-11-29-36-12-18/h3-9,11-13,20,33H,1-2H3,(H,30,34)/t13-,20-/m0/s1. The van der Waals surface area contributed by atoms with E-state index in [0.717, 1.165) is 29.0 Å². The summed E-state index contributed by atoms with van der Waals surface area (Å²) in [6, 6.07) is 11.6. The number of hydrogen-bond donors (Lipinski definition) is 2. The molecule has 4 aromatic rings. The second-order valence-electron chi connectivity index (χ2n) is 8.07. The Morgan fingerprint density at radius 3 is 2.56 bits per heavy atom. The Labute approximate surface area is 203 Å². The zero-order valence-electron chi connectivity index (χ0n) is 19.1. The van der Waals surface area contributed by atoms with Gasteiger partial charge in [-0.05, 0) is 29.3 Å². The fraction of sp³-hybridized carbons (Fsp3) is 0.160. The van der Waals surface area contributed by atoms with Gasteiger partial charge in [-0.15, -0.1) is 0 Å². The van der Waals surface area contributed by atoms with Crippen LogP contribution in [0.1, 0.15) is 51.8 Å². The molecule has 0 saturated carbocycles. The minimum atomic E-state index is -0.903. The molecule has 0 aliphatic carbocycles. The molecule has 0 spiro atoms. The molecule has 182 valence electrons. The molecule has 0 radical (unpaired) electrons. The maximum Gasteiger partial charge on any atom is 0.296 e. The maximum absolute atomic E-state index is 14.2. The van der Waals surface area contributed by atoms with Crippen molar-refractivity contribution < 1.29 is 23.2 Å². The van der Waals surface area contributed by atoms with Gasteiger partial charge in [-0.1, -0.05) is 30.3 Å². The van der Waals surface area contributed by atoms with Gasteiger partial charge >= 0.3 is 0 Å². The molecule has 2 aromatic heterocycles. The molecule has 11 heteroatoms. The molecular weight excluding hydrogens is 472 g/mol. The van der Waals surface area contributed by atoms with Gasteiger partial charge in [0, 0.05) is 24.9 Å². The van der Waals surface area contributed by atoms with Crippen LogP contribution in [0.25, 0.3) is 0 Å². The molecule has 1 amide bonds. The van der Waals surface area contributed by atoms with E-state index < -0.39 is 46.4 Å². The predicted octanol–water partition coefficient (Wildman–Crippen LogP) is 3.81. The molecule has 2 aromatic carbocycles. The number of anilines is 1. The Morgan fingerprint density at radius 2 is 1.92 bits per heavy atom. The van der Waals surface area contributed by atoms with Gasteiger partial charge in [-0.2, -0.15) is 5.26 Å². The fourth-order valence-electron chi connectivity index (χ4n) is 4.14. The minimum Gasteiger partial charge on any atom is -0.501 e. The molecule has 2 N–H and O–H groups in total. The van der Waals surface area contributed by atoms with Gasteiger partial charge in [0.25, 0.3) is 11.5 Å². The van der Waals surface area contributed by atoms with Crippen LogP contribution >= 0.6 is 0 Å². The van der Waals surface area contributed by atoms with E-state index in [0.29, 0.717) is 5.56 Å². The van der Waals surface area contributed by atoms with Gasteiger partial charge < -0.3 is 14.9 Å². The number of aromatic nitrogens is 3. The second-order valence-corrected chi connectivity index (χ2v) is 8.07. The molecule has 0 aliphatic rings. The molecule has 4 rings (SSSR count). The molecule has 0 saturated heterocycles. The van der Waals surface area contributed by atoms with Gasteiger partial charge in [-0.25, -0.2) is 13.8 Å². The highest BCUT2D eigenvalue weighted by Crippen LogP contribution is 2.39. The van der Waals surface area contributed by atoms with Crippen LogP contribution in [0.3, 0.4) is 0 Å². The third kappa shape index (κ3) is 4.56. The van der Waals surface area contributed by atoms with Crippen LogP contribution in [0.15, 0.2) is 64.2 Å². The number of carbonyl (C=O) groups is 1. The lowest BCUT2D eigenvalue weighted by atomic mass is 9.79. The second kappa shape index (κ2) is 9.79. The highest BCUT2D eigenvalue weighted by atomic mass is 19.1. The summed E-state index contributed by atoms with van der Waals surface area (Å²) in [5.41, 5.74) is -0.393. The van der Waals surface area contributed by atoms with Crippen LogP contribution < -0.4 is 10.9 Å². The first-order valence-corrected chi connectivity index (χ1v) is 10.7. The molecule has 0 unspecified atom stereocenters. The highest BCUT2D eigenvalue weighted by Gasteiger charge is 2.31. The number of carbonyl (C=O) groups excluding carboxylic acids is 1. The van der Waals surface area contributed by atoms with Gasteiger partial charge in [0.2, 0.25) is 5.75 Å². The Balaban J connectivity index is 1.90. The maximum atomic E-state index is 14.2. The third-order valence-corrected chi connectivity index (χ3v) is 5.77. The fourth-order valence-corrected chi connectivity index (χ4v) is 4.14. The van der Waals surface area contributed by atoms with Crippen molar-refractivity contribution in [1.29, 1.82) is 5.26 Å². The summed E-state index contributed by atoms with van der Waals surface area (Å²) in [5.74, 6) is -5.02. The molecule has 0 bridgehead atoms. The topological polar surface area (TPSA) is 134 Å². The molecule has 2 heterocycles. The van der Waals surface area contributed by atoms with Crippen LogP contribution in [-0.2, 0) is 7.05 Å². The Morgan fingerprint density at radius 1 is 1.22 bits per heavy atom. The zero-order valence-corrected chi connectivity index (χ0v) is 19.1. The molecule has 0 fully saturated rings. The summed E-state index contributed by atoms with van der Waals surface area (Å²) in [5, 5.41) is 25.9. The number of nitriles is 1. The van der Waals surface area contributed by atoms with Crippen molar-refractivity contribution in [2.75, 3.05) is 5.32 Å². The molecule has 2 atom stereocenters. The van der Waals surface area contributed by atoms with Crippen molar-refractivity contribution in [2.24, 2.45) is 7.05 Å². The van der Waals surface area contributed by atoms with Crippen LogP contribution in [0.5, 0.6) is 5.75 Å². The van der Waals surface area contributed by atoms with Crippen LogP contribution in [0.2, 0.25) is 0 Å². The normalized spacial score (nSPS) is 12.5. The van der Waals surface area contributed by atoms with Gasteiger partial charge in [-0.3, -0.25) is 14.2 Å². The first-order valence-electron chi connectivity index (χ1n) is 10.7. The summed E-state index contributed by atoms with van der Waals surface area (Å²) >= 11 is 0. The van der Waals surface area contributed by atoms with Gasteiger partial charge in [0.15, 0.2) is 5.69 Å². The van der Waals surface area contributed by atoms with E-state index in [4.69, 9.17) is 0 Å². The number of nitrogens with zero attached hydrogens (tertiary/aromatic N) is 4. The van der Waals surface area contributed by atoms with E-state index in [1.54, 1.807) is 31.2 Å². The van der Waals surface area contributed by atoms with Crippen molar-refractivity contribution in [1.82, 2.24) is 14.7 Å². The number of rotatable bonds is 6. The molecular formula is C25H19F2N5O4. The molecule has 9 nitrogen and oxygen atoms in total. The summed E-state index contributed by atoms with van der Waals surface area (Å²) in [4.78, 5) is 29.9. The van der Waals surface area contributed by atoms with Crippen LogP contribution in [0.4, 0.5) is 14.5 Å². The smallest absolute Gasteiger partial charge is 0.296 e. The lowest BCUT2D eigenvalue weighted by Gasteiger charge is -2.27. The monoisotopic (exact) mass is 491 g/mol. The number of halogens is 2. The molecule has 0 aliphatic heterocycles. The average molecular weight is 491 g/mol. The summed E-state index contributed by atoms with van der Waals surface area (Å²) in [6.45, 7) is 1.64. The summed E-state index contributed by atoms with van der Waals surface area (Å²) in [6.07, 6.45) is 2.36. The number of aromatic hydroxyl groups is 1. The Hall–Kier alpha value is -4.85. The van der Waals surface area contributed by atoms with E-state index in [1.807, 2.05) is 0 Å². The van der Waals surface area contributed by atoms with Crippen molar-refractivity contribution in [3.05, 3.63) is 105 Å². The van der Waals surface area contributed by atoms with Crippen molar-refractivity contribution >= 4 is 11.6 Å². The van der Waals surface area contributed by atoms with E-state index >= 15 is 0 Å². The number of amides is 1. The summed E-state index contributed by atoms with van der Waals surface area (Å²) in [7, 11) is 1.35. The third-order valence-electron chi connectivity index (χ3n) is 5.77. The van der Waals surface area contributed by atoms with E-state index in [-0.39, 0.29) is 22.6 Å². The lowest BCUT2D eigenvalue weighted by Crippen LogP contribution is -2.29. The molecule has 36 heavy (non-hydrogen) atoms. The number of nitrogens with one attached hydrogen (secondary N) is 1. The first kappa shape index (κ1) is 24.3. The average Bonchev–Trinajstić information content (AvgIpc) is 3.35. The van der Waals surface area contributed by atoms with Crippen molar-refractivity contribution in [3.8, 4) is 11.8 Å². The van der Waals surface area contributed by atoms with E-state index in [2.05, 4.69) is 26.0 Å². The minimum absolute atomic E-state index is 0.0377. The van der Waals surface area contributed by atoms with Gasteiger partial charge in [0.05, 0.1) is 17.8 Å². The van der Waals surface area contributed by atoms with Crippen molar-refractivity contribution in [3.63, 3.8) is 0 Å². The van der Waals surface area contributed by atoms with Crippen molar-refractivity contribution in [2.45, 2.75) is 18.8 Å². The summed E-state index contributed by atoms with van der Waals surface area (Å²) < 4.78 is 34.2. The Kier molecular flexibility index (Phi) is 6.60. The lowest BCUT2D eigenvalue weighted by molar-refractivity contribution is 0.101. The van der Waals surface area contributed by atoms with E-state index in [9.17, 15) is 28.7 Å². The van der Waals surface area contributed by atoms with E-state index in [1.165, 1.54) is 13.2 Å². The van der Waals surface area contributed by atoms with Gasteiger partial charge in [0.1, 0.15) is 29.4 Å². The van der Waals surface area contributed by atoms with Crippen LogP contribution in [0, 0.1) is 23.0 Å². The zero-order chi connectivity index (χ0) is 26.0. The predicted molar refractivity (Wildman–Crippen MR) is 123 cm³/mol. The van der Waals surface area contributed by atoms with Crippen LogP contribution in [-0.4, -0.2) is 25.7 Å². The highest BCUT2D eigenvalue weighted by molar-refractivity contribution is 6.04. The number of hydrogen-bond acceptors (Lipinski definition) is 7.